The van der Waals surface area contributed by atoms with Gasteiger partial charge in [0.2, 0.25) is 5.91 Å². The van der Waals surface area contributed by atoms with E-state index in [2.05, 4.69) is 17.6 Å². The second-order valence-corrected chi connectivity index (χ2v) is 4.78. The SMILES string of the molecule is CCCCCCCCNCC1CCC(=O)N1. The van der Waals surface area contributed by atoms with Crippen molar-refractivity contribution >= 4 is 5.91 Å². The van der Waals surface area contributed by atoms with E-state index in [1.54, 1.807) is 0 Å². The number of hydrogen-bond donors (Lipinski definition) is 2. The second-order valence-electron chi connectivity index (χ2n) is 4.78. The molecule has 1 rings (SSSR count). The summed E-state index contributed by atoms with van der Waals surface area (Å²) in [6, 6.07) is 0.382. The molecule has 1 aliphatic heterocycles. The summed E-state index contributed by atoms with van der Waals surface area (Å²) < 4.78 is 0. The van der Waals surface area contributed by atoms with Crippen LogP contribution in [-0.4, -0.2) is 25.0 Å². The molecule has 94 valence electrons. The molecule has 1 heterocycles. The minimum Gasteiger partial charge on any atom is -0.352 e. The summed E-state index contributed by atoms with van der Waals surface area (Å²) in [5.74, 6) is 0.214. The third-order valence-corrected chi connectivity index (χ3v) is 3.18. The van der Waals surface area contributed by atoms with Gasteiger partial charge in [-0.3, -0.25) is 4.79 Å². The fourth-order valence-corrected chi connectivity index (χ4v) is 2.14. The zero-order valence-corrected chi connectivity index (χ0v) is 10.6. The highest BCUT2D eigenvalue weighted by Gasteiger charge is 2.19. The number of rotatable bonds is 9. The Balaban J connectivity index is 1.79. The van der Waals surface area contributed by atoms with Crippen LogP contribution in [0.4, 0.5) is 0 Å². The Bertz CT molecular complexity index is 194. The normalized spacial score (nSPS) is 20.1. The average Bonchev–Trinajstić information content (AvgIpc) is 2.68. The molecule has 0 aromatic rings. The number of carbonyl (C=O) groups excluding carboxylic acids is 1. The van der Waals surface area contributed by atoms with Gasteiger partial charge in [-0.05, 0) is 19.4 Å². The maximum absolute atomic E-state index is 11.0. The zero-order chi connectivity index (χ0) is 11.6. The number of nitrogens with one attached hydrogen (secondary N) is 2. The number of carbonyl (C=O) groups is 1. The molecule has 1 atom stereocenters. The van der Waals surface area contributed by atoms with Crippen LogP contribution in [-0.2, 0) is 4.79 Å². The van der Waals surface area contributed by atoms with Gasteiger partial charge < -0.3 is 10.6 Å². The fraction of sp³-hybridized carbons (Fsp3) is 0.923. The molecule has 2 N–H and O–H groups in total. The molecule has 3 nitrogen and oxygen atoms in total. The van der Waals surface area contributed by atoms with Crippen LogP contribution in [0.3, 0.4) is 0 Å². The van der Waals surface area contributed by atoms with Gasteiger partial charge in [0.1, 0.15) is 0 Å². The first kappa shape index (κ1) is 13.5. The van der Waals surface area contributed by atoms with Crippen molar-refractivity contribution in [2.45, 2.75) is 64.3 Å². The summed E-state index contributed by atoms with van der Waals surface area (Å²) in [6.07, 6.45) is 9.77. The molecule has 0 spiro atoms. The molecule has 0 aromatic heterocycles. The van der Waals surface area contributed by atoms with Gasteiger partial charge in [-0.1, -0.05) is 39.0 Å². The van der Waals surface area contributed by atoms with Crippen molar-refractivity contribution in [2.24, 2.45) is 0 Å². The van der Waals surface area contributed by atoms with Crippen LogP contribution >= 0.6 is 0 Å². The van der Waals surface area contributed by atoms with Crippen molar-refractivity contribution in [3.8, 4) is 0 Å². The van der Waals surface area contributed by atoms with Gasteiger partial charge in [-0.25, -0.2) is 0 Å². The van der Waals surface area contributed by atoms with Crippen LogP contribution in [0.15, 0.2) is 0 Å². The Hall–Kier alpha value is -0.570. The smallest absolute Gasteiger partial charge is 0.220 e. The van der Waals surface area contributed by atoms with Crippen LogP contribution in [0, 0.1) is 0 Å². The third-order valence-electron chi connectivity index (χ3n) is 3.18. The number of unbranched alkanes of at least 4 members (excludes halogenated alkanes) is 5. The molecular weight excluding hydrogens is 200 g/mol. The summed E-state index contributed by atoms with van der Waals surface area (Å²) in [6.45, 7) is 4.29. The van der Waals surface area contributed by atoms with Crippen LogP contribution in [0.25, 0.3) is 0 Å². The molecular formula is C13H26N2O. The molecule has 1 unspecified atom stereocenters. The maximum Gasteiger partial charge on any atom is 0.220 e. The molecule has 0 saturated carbocycles. The third kappa shape index (κ3) is 6.11. The van der Waals surface area contributed by atoms with Crippen molar-refractivity contribution in [1.82, 2.24) is 10.6 Å². The Morgan fingerprint density at radius 3 is 2.69 bits per heavy atom. The maximum atomic E-state index is 11.0. The van der Waals surface area contributed by atoms with E-state index < -0.39 is 0 Å². The summed E-state index contributed by atoms with van der Waals surface area (Å²) in [7, 11) is 0. The van der Waals surface area contributed by atoms with Gasteiger partial charge in [0.15, 0.2) is 0 Å². The van der Waals surface area contributed by atoms with Crippen LogP contribution in [0.5, 0.6) is 0 Å². The molecule has 1 saturated heterocycles. The number of hydrogen-bond acceptors (Lipinski definition) is 2. The predicted molar refractivity (Wildman–Crippen MR) is 67.4 cm³/mol. The summed E-state index contributed by atoms with van der Waals surface area (Å²) in [4.78, 5) is 11.0. The highest BCUT2D eigenvalue weighted by atomic mass is 16.1. The first-order chi connectivity index (χ1) is 7.83. The van der Waals surface area contributed by atoms with E-state index in [-0.39, 0.29) is 5.91 Å². The van der Waals surface area contributed by atoms with E-state index >= 15 is 0 Å². The molecule has 1 amide bonds. The Kier molecular flexibility index (Phi) is 7.23. The summed E-state index contributed by atoms with van der Waals surface area (Å²) >= 11 is 0. The second kappa shape index (κ2) is 8.57. The lowest BCUT2D eigenvalue weighted by Gasteiger charge is -2.10. The van der Waals surface area contributed by atoms with Gasteiger partial charge in [0, 0.05) is 19.0 Å². The molecule has 0 aliphatic carbocycles. The van der Waals surface area contributed by atoms with Crippen LogP contribution < -0.4 is 10.6 Å². The monoisotopic (exact) mass is 226 g/mol. The molecule has 16 heavy (non-hydrogen) atoms. The van der Waals surface area contributed by atoms with Crippen LogP contribution in [0.2, 0.25) is 0 Å². The first-order valence-electron chi connectivity index (χ1n) is 6.83. The van der Waals surface area contributed by atoms with Gasteiger partial charge in [-0.2, -0.15) is 0 Å². The van der Waals surface area contributed by atoms with Gasteiger partial charge in [-0.15, -0.1) is 0 Å². The van der Waals surface area contributed by atoms with Gasteiger partial charge >= 0.3 is 0 Å². The van der Waals surface area contributed by atoms with Crippen molar-refractivity contribution in [1.29, 1.82) is 0 Å². The lowest BCUT2D eigenvalue weighted by atomic mass is 10.1. The summed E-state index contributed by atoms with van der Waals surface area (Å²) in [5.41, 5.74) is 0. The van der Waals surface area contributed by atoms with E-state index in [9.17, 15) is 4.79 Å². The van der Waals surface area contributed by atoms with Gasteiger partial charge in [0.25, 0.3) is 0 Å². The number of amides is 1. The van der Waals surface area contributed by atoms with Crippen LogP contribution in [0.1, 0.15) is 58.3 Å². The lowest BCUT2D eigenvalue weighted by Crippen LogP contribution is -2.35. The molecule has 0 bridgehead atoms. The molecule has 0 aromatic carbocycles. The van der Waals surface area contributed by atoms with E-state index in [1.165, 1.54) is 38.5 Å². The molecule has 1 aliphatic rings. The average molecular weight is 226 g/mol. The van der Waals surface area contributed by atoms with E-state index in [1.807, 2.05) is 0 Å². The van der Waals surface area contributed by atoms with E-state index in [0.717, 1.165) is 19.5 Å². The molecule has 1 fully saturated rings. The first-order valence-corrected chi connectivity index (χ1v) is 6.83. The quantitative estimate of drug-likeness (QED) is 0.592. The standard InChI is InChI=1S/C13H26N2O/c1-2-3-4-5-6-7-10-14-11-12-8-9-13(16)15-12/h12,14H,2-11H2,1H3,(H,15,16). The fourth-order valence-electron chi connectivity index (χ4n) is 2.14. The topological polar surface area (TPSA) is 41.1 Å². The minimum absolute atomic E-state index is 0.214. The van der Waals surface area contributed by atoms with Crippen molar-refractivity contribution in [2.75, 3.05) is 13.1 Å². The summed E-state index contributed by atoms with van der Waals surface area (Å²) in [5, 5.41) is 6.40. The highest BCUT2D eigenvalue weighted by Crippen LogP contribution is 2.06. The minimum atomic E-state index is 0.214. The molecule has 3 heteroatoms. The zero-order valence-electron chi connectivity index (χ0n) is 10.6. The van der Waals surface area contributed by atoms with E-state index in [4.69, 9.17) is 0 Å². The lowest BCUT2D eigenvalue weighted by molar-refractivity contribution is -0.119. The Morgan fingerprint density at radius 1 is 1.25 bits per heavy atom. The largest absolute Gasteiger partial charge is 0.352 e. The van der Waals surface area contributed by atoms with Crippen molar-refractivity contribution < 1.29 is 4.79 Å². The van der Waals surface area contributed by atoms with Crippen molar-refractivity contribution in [3.05, 3.63) is 0 Å². The highest BCUT2D eigenvalue weighted by molar-refractivity contribution is 5.78. The van der Waals surface area contributed by atoms with Crippen molar-refractivity contribution in [3.63, 3.8) is 0 Å². The molecule has 0 radical (unpaired) electrons. The Labute approximate surface area is 99.4 Å². The predicted octanol–water partition coefficient (Wildman–Crippen LogP) is 2.22. The Morgan fingerprint density at radius 2 is 2.00 bits per heavy atom. The van der Waals surface area contributed by atoms with Gasteiger partial charge in [0.05, 0.1) is 0 Å². The van der Waals surface area contributed by atoms with E-state index in [0.29, 0.717) is 12.5 Å².